The highest BCUT2D eigenvalue weighted by atomic mass is 127. The summed E-state index contributed by atoms with van der Waals surface area (Å²) in [5.41, 5.74) is 3.45. The standard InChI is InChI=1S/C19H16BrIN2O3S/c1-9-4-13(5-10(2)16(9)20)22-19-23-18(25)15(27-19)7-11-6-12(21)8-14(26-3)17(11)24/h4-8,24H,1-3H3,(H,22,23,25)/b15-7-. The fourth-order valence-electron chi connectivity index (χ4n) is 2.59. The molecule has 0 spiro atoms. The lowest BCUT2D eigenvalue weighted by Gasteiger charge is -2.07. The Morgan fingerprint density at radius 2 is 1.93 bits per heavy atom. The number of hydrogen-bond acceptors (Lipinski definition) is 5. The second-order valence-corrected chi connectivity index (χ2v) is 8.99. The lowest BCUT2D eigenvalue weighted by Crippen LogP contribution is -2.19. The van der Waals surface area contributed by atoms with Gasteiger partial charge in [0.25, 0.3) is 5.91 Å². The van der Waals surface area contributed by atoms with Crippen LogP contribution >= 0.6 is 50.3 Å². The molecule has 1 saturated heterocycles. The Bertz CT molecular complexity index is 982. The van der Waals surface area contributed by atoms with Gasteiger partial charge in [0.1, 0.15) is 0 Å². The van der Waals surface area contributed by atoms with Gasteiger partial charge in [0, 0.05) is 13.6 Å². The number of phenols is 1. The van der Waals surface area contributed by atoms with Gasteiger partial charge >= 0.3 is 0 Å². The van der Waals surface area contributed by atoms with Crippen LogP contribution in [-0.4, -0.2) is 23.3 Å². The van der Waals surface area contributed by atoms with Crippen molar-refractivity contribution >= 4 is 73.1 Å². The van der Waals surface area contributed by atoms with E-state index in [1.165, 1.54) is 18.9 Å². The molecule has 0 saturated carbocycles. The highest BCUT2D eigenvalue weighted by Gasteiger charge is 2.24. The zero-order valence-electron chi connectivity index (χ0n) is 14.8. The second-order valence-electron chi connectivity index (χ2n) is 5.92. The van der Waals surface area contributed by atoms with Gasteiger partial charge in [-0.15, -0.1) is 0 Å². The molecule has 1 amide bonds. The number of carbonyl (C=O) groups excluding carboxylic acids is 1. The Hall–Kier alpha value is -1.52. The lowest BCUT2D eigenvalue weighted by molar-refractivity contribution is -0.115. The monoisotopic (exact) mass is 558 g/mol. The van der Waals surface area contributed by atoms with E-state index < -0.39 is 0 Å². The minimum absolute atomic E-state index is 0.00311. The summed E-state index contributed by atoms with van der Waals surface area (Å²) in [4.78, 5) is 17.3. The lowest BCUT2D eigenvalue weighted by atomic mass is 10.1. The number of methoxy groups -OCH3 is 1. The minimum atomic E-state index is -0.249. The van der Waals surface area contributed by atoms with Crippen LogP contribution in [0.25, 0.3) is 6.08 Å². The van der Waals surface area contributed by atoms with Gasteiger partial charge in [-0.25, -0.2) is 4.99 Å². The quantitative estimate of drug-likeness (QED) is 0.397. The van der Waals surface area contributed by atoms with Gasteiger partial charge in [-0.1, -0.05) is 15.9 Å². The molecule has 5 nitrogen and oxygen atoms in total. The predicted molar refractivity (Wildman–Crippen MR) is 122 cm³/mol. The molecule has 0 radical (unpaired) electrons. The van der Waals surface area contributed by atoms with Crippen molar-refractivity contribution in [1.82, 2.24) is 5.32 Å². The predicted octanol–water partition coefficient (Wildman–Crippen LogP) is 5.28. The highest BCUT2D eigenvalue weighted by Crippen LogP contribution is 2.36. The topological polar surface area (TPSA) is 70.9 Å². The summed E-state index contributed by atoms with van der Waals surface area (Å²) in [6.45, 7) is 4.00. The van der Waals surface area contributed by atoms with Gasteiger partial charge in [-0.05, 0) is 89.7 Å². The van der Waals surface area contributed by atoms with E-state index in [1.807, 2.05) is 26.0 Å². The number of aryl methyl sites for hydroxylation is 2. The van der Waals surface area contributed by atoms with Gasteiger partial charge in [0.05, 0.1) is 17.7 Å². The van der Waals surface area contributed by atoms with Crippen molar-refractivity contribution < 1.29 is 14.6 Å². The van der Waals surface area contributed by atoms with Crippen LogP contribution < -0.4 is 10.1 Å². The van der Waals surface area contributed by atoms with E-state index in [4.69, 9.17) is 4.74 Å². The molecule has 2 aromatic carbocycles. The van der Waals surface area contributed by atoms with Crippen LogP contribution in [0.4, 0.5) is 5.69 Å². The van der Waals surface area contributed by atoms with Gasteiger partial charge in [-0.3, -0.25) is 4.79 Å². The zero-order chi connectivity index (χ0) is 19.7. The summed E-state index contributed by atoms with van der Waals surface area (Å²) in [7, 11) is 1.49. The van der Waals surface area contributed by atoms with Crippen LogP contribution in [0.1, 0.15) is 16.7 Å². The number of amidine groups is 1. The molecule has 0 unspecified atom stereocenters. The molecule has 0 aromatic heterocycles. The Morgan fingerprint density at radius 1 is 1.26 bits per heavy atom. The third-order valence-corrected chi connectivity index (χ3v) is 6.66. The maximum Gasteiger partial charge on any atom is 0.264 e. The summed E-state index contributed by atoms with van der Waals surface area (Å²) in [6, 6.07) is 7.42. The van der Waals surface area contributed by atoms with Gasteiger partial charge in [0.2, 0.25) is 0 Å². The summed E-state index contributed by atoms with van der Waals surface area (Å²) < 4.78 is 7.12. The summed E-state index contributed by atoms with van der Waals surface area (Å²) >= 11 is 6.91. The molecule has 3 rings (SSSR count). The summed E-state index contributed by atoms with van der Waals surface area (Å²) in [6.07, 6.45) is 1.64. The van der Waals surface area contributed by atoms with E-state index in [9.17, 15) is 9.90 Å². The Kier molecular flexibility index (Phi) is 6.17. The average Bonchev–Trinajstić information content (AvgIpc) is 2.94. The first-order chi connectivity index (χ1) is 12.8. The number of aromatic hydroxyl groups is 1. The number of phenolic OH excluding ortho intramolecular Hbond substituents is 1. The van der Waals surface area contributed by atoms with Crippen LogP contribution in [0, 0.1) is 17.4 Å². The Labute approximate surface area is 183 Å². The number of aliphatic imine (C=N–C) groups is 1. The van der Waals surface area contributed by atoms with Crippen LogP contribution in [-0.2, 0) is 4.79 Å². The number of benzene rings is 2. The number of nitrogens with zero attached hydrogens (tertiary/aromatic N) is 1. The van der Waals surface area contributed by atoms with E-state index in [1.54, 1.807) is 18.2 Å². The smallest absolute Gasteiger partial charge is 0.264 e. The number of halogens is 2. The summed E-state index contributed by atoms with van der Waals surface area (Å²) in [5, 5.41) is 13.6. The van der Waals surface area contributed by atoms with Crippen molar-refractivity contribution in [1.29, 1.82) is 0 Å². The van der Waals surface area contributed by atoms with Crippen molar-refractivity contribution in [2.45, 2.75) is 13.8 Å². The largest absolute Gasteiger partial charge is 0.504 e. The van der Waals surface area contributed by atoms with Crippen molar-refractivity contribution in [3.63, 3.8) is 0 Å². The molecule has 2 N–H and O–H groups in total. The van der Waals surface area contributed by atoms with Crippen molar-refractivity contribution in [3.8, 4) is 11.5 Å². The molecule has 0 atom stereocenters. The van der Waals surface area contributed by atoms with E-state index in [2.05, 4.69) is 48.8 Å². The maximum absolute atomic E-state index is 12.3. The van der Waals surface area contributed by atoms with E-state index in [0.717, 1.165) is 24.9 Å². The zero-order valence-corrected chi connectivity index (χ0v) is 19.3. The first-order valence-corrected chi connectivity index (χ1v) is 10.6. The van der Waals surface area contributed by atoms with Gasteiger partial charge < -0.3 is 15.2 Å². The average molecular weight is 559 g/mol. The number of thioether (sulfide) groups is 1. The first-order valence-electron chi connectivity index (χ1n) is 7.91. The number of rotatable bonds is 3. The molecule has 1 heterocycles. The second kappa shape index (κ2) is 8.24. The molecule has 1 aliphatic rings. The van der Waals surface area contributed by atoms with E-state index >= 15 is 0 Å². The van der Waals surface area contributed by atoms with Crippen molar-refractivity contribution in [2.75, 3.05) is 7.11 Å². The number of amides is 1. The molecule has 2 aromatic rings. The highest BCUT2D eigenvalue weighted by molar-refractivity contribution is 14.1. The minimum Gasteiger partial charge on any atom is -0.504 e. The molecule has 0 aliphatic carbocycles. The van der Waals surface area contributed by atoms with Crippen LogP contribution in [0.15, 0.2) is 38.6 Å². The normalized spacial score (nSPS) is 16.9. The molecule has 0 bridgehead atoms. The number of nitrogens with one attached hydrogen (secondary N) is 1. The Morgan fingerprint density at radius 3 is 2.56 bits per heavy atom. The fraction of sp³-hybridized carbons (Fsp3) is 0.158. The van der Waals surface area contributed by atoms with Gasteiger partial charge in [0.15, 0.2) is 16.7 Å². The molecular weight excluding hydrogens is 543 g/mol. The van der Waals surface area contributed by atoms with Crippen LogP contribution in [0.5, 0.6) is 11.5 Å². The molecule has 1 aliphatic heterocycles. The summed E-state index contributed by atoms with van der Waals surface area (Å²) in [5.74, 6) is 0.122. The van der Waals surface area contributed by atoms with Crippen LogP contribution in [0.2, 0.25) is 0 Å². The molecule has 8 heteroatoms. The molecular formula is C19H16BrIN2O3S. The van der Waals surface area contributed by atoms with Crippen LogP contribution in [0.3, 0.4) is 0 Å². The maximum atomic E-state index is 12.3. The molecule has 27 heavy (non-hydrogen) atoms. The Balaban J connectivity index is 1.92. The van der Waals surface area contributed by atoms with E-state index in [-0.39, 0.29) is 11.7 Å². The van der Waals surface area contributed by atoms with Crippen molar-refractivity contribution in [3.05, 3.63) is 53.9 Å². The van der Waals surface area contributed by atoms with Gasteiger partial charge in [-0.2, -0.15) is 0 Å². The number of hydrogen-bond donors (Lipinski definition) is 2. The third kappa shape index (κ3) is 4.49. The molecule has 1 fully saturated rings. The van der Waals surface area contributed by atoms with E-state index in [0.29, 0.717) is 21.4 Å². The fourth-order valence-corrected chi connectivity index (χ4v) is 4.27. The SMILES string of the molecule is COc1cc(I)cc(/C=C2\SC(=Nc3cc(C)c(Br)c(C)c3)NC2=O)c1O. The first kappa shape index (κ1) is 20.2. The number of ether oxygens (including phenoxy) is 1. The number of carbonyl (C=O) groups is 1. The molecule has 140 valence electrons. The third-order valence-electron chi connectivity index (χ3n) is 3.88. The van der Waals surface area contributed by atoms with Crippen molar-refractivity contribution in [2.24, 2.45) is 4.99 Å².